The number of hydrogen-bond acceptors (Lipinski definition) is 5. The largest absolute Gasteiger partial charge is 0.427 e. The van der Waals surface area contributed by atoms with E-state index < -0.39 is 0 Å². The molecule has 5 nitrogen and oxygen atoms in total. The van der Waals surface area contributed by atoms with E-state index in [0.717, 1.165) is 16.7 Å². The maximum Gasteiger partial charge on any atom is 0.315 e. The van der Waals surface area contributed by atoms with Crippen LogP contribution < -0.4 is 9.47 Å². The first-order chi connectivity index (χ1) is 15.1. The fraction of sp³-hybridized carbons (Fsp3) is 0.192. The number of rotatable bonds is 8. The number of nitriles is 1. The molecule has 0 heterocycles. The van der Waals surface area contributed by atoms with Crippen molar-refractivity contribution >= 4 is 11.9 Å². The molecule has 3 aromatic rings. The number of hydrogen-bond donors (Lipinski definition) is 0. The molecular formula is C26H23NO4. The minimum atomic E-state index is -0.345. The number of ether oxygens (including phenoxy) is 2. The van der Waals surface area contributed by atoms with Crippen molar-refractivity contribution in [2.75, 3.05) is 0 Å². The maximum absolute atomic E-state index is 12.1. The Balaban J connectivity index is 1.58. The highest BCUT2D eigenvalue weighted by Crippen LogP contribution is 2.24. The topological polar surface area (TPSA) is 76.4 Å². The van der Waals surface area contributed by atoms with Gasteiger partial charge in [-0.1, -0.05) is 61.5 Å². The molecule has 0 bridgehead atoms. The second kappa shape index (κ2) is 10.7. The summed E-state index contributed by atoms with van der Waals surface area (Å²) in [5.41, 5.74) is 2.70. The zero-order chi connectivity index (χ0) is 22.1. The van der Waals surface area contributed by atoms with Gasteiger partial charge in [-0.25, -0.2) is 0 Å². The van der Waals surface area contributed by atoms with Crippen LogP contribution in [0.1, 0.15) is 36.0 Å². The van der Waals surface area contributed by atoms with Crippen molar-refractivity contribution < 1.29 is 19.1 Å². The van der Waals surface area contributed by atoms with Crippen molar-refractivity contribution in [1.29, 1.82) is 5.26 Å². The summed E-state index contributed by atoms with van der Waals surface area (Å²) < 4.78 is 10.6. The van der Waals surface area contributed by atoms with Crippen LogP contribution >= 0.6 is 0 Å². The molecule has 0 radical (unpaired) electrons. The zero-order valence-electron chi connectivity index (χ0n) is 17.3. The lowest BCUT2D eigenvalue weighted by Gasteiger charge is -2.11. The molecular weight excluding hydrogens is 390 g/mol. The maximum atomic E-state index is 12.1. The second-order valence-corrected chi connectivity index (χ2v) is 7.06. The van der Waals surface area contributed by atoms with Crippen LogP contribution in [-0.4, -0.2) is 11.9 Å². The van der Waals surface area contributed by atoms with E-state index >= 15 is 0 Å². The number of benzene rings is 3. The molecule has 0 aromatic heterocycles. The Hall–Kier alpha value is -3.91. The highest BCUT2D eigenvalue weighted by atomic mass is 16.5. The third kappa shape index (κ3) is 6.55. The number of carbonyl (C=O) groups excluding carboxylic acids is 2. The van der Waals surface area contributed by atoms with Crippen molar-refractivity contribution in [1.82, 2.24) is 0 Å². The van der Waals surface area contributed by atoms with Gasteiger partial charge in [-0.05, 0) is 47.4 Å². The zero-order valence-corrected chi connectivity index (χ0v) is 17.3. The Labute approximate surface area is 181 Å². The van der Waals surface area contributed by atoms with Gasteiger partial charge in [0.1, 0.15) is 11.5 Å². The molecule has 5 heteroatoms. The van der Waals surface area contributed by atoms with Gasteiger partial charge in [-0.15, -0.1) is 0 Å². The van der Waals surface area contributed by atoms with Crippen LogP contribution in [0.25, 0.3) is 0 Å². The molecule has 0 spiro atoms. The molecule has 156 valence electrons. The Bertz CT molecular complexity index is 1050. The van der Waals surface area contributed by atoms with Gasteiger partial charge in [0, 0.05) is 6.42 Å². The van der Waals surface area contributed by atoms with Gasteiger partial charge in [0.05, 0.1) is 18.4 Å². The fourth-order valence-electron chi connectivity index (χ4n) is 3.07. The predicted molar refractivity (Wildman–Crippen MR) is 117 cm³/mol. The van der Waals surface area contributed by atoms with Crippen molar-refractivity contribution in [2.24, 2.45) is 0 Å². The van der Waals surface area contributed by atoms with Crippen molar-refractivity contribution in [3.8, 4) is 17.6 Å². The summed E-state index contributed by atoms with van der Waals surface area (Å²) in [6.07, 6.45) is 1.03. The molecule has 0 aliphatic carbocycles. The van der Waals surface area contributed by atoms with E-state index in [-0.39, 0.29) is 24.3 Å². The average Bonchev–Trinajstić information content (AvgIpc) is 2.79. The van der Waals surface area contributed by atoms with E-state index in [1.165, 1.54) is 0 Å². The fourth-order valence-corrected chi connectivity index (χ4v) is 3.07. The first-order valence-corrected chi connectivity index (χ1v) is 10.1. The lowest BCUT2D eigenvalue weighted by Crippen LogP contribution is -2.11. The number of nitrogens with zero attached hydrogens (tertiary/aromatic N) is 1. The third-order valence-corrected chi connectivity index (χ3v) is 4.74. The minimum absolute atomic E-state index is 0.211. The third-order valence-electron chi connectivity index (χ3n) is 4.74. The SMILES string of the molecule is CCC(=O)Oc1ccc(C(C#N)Cc2ccc(OC(=O)Cc3ccccc3)cc2)cc1. The molecule has 0 aliphatic rings. The predicted octanol–water partition coefficient (Wildman–Crippen LogP) is 5.00. The van der Waals surface area contributed by atoms with E-state index in [4.69, 9.17) is 9.47 Å². The monoisotopic (exact) mass is 413 g/mol. The molecule has 1 atom stereocenters. The second-order valence-electron chi connectivity index (χ2n) is 7.06. The molecule has 0 amide bonds. The average molecular weight is 413 g/mol. The highest BCUT2D eigenvalue weighted by molar-refractivity contribution is 5.75. The van der Waals surface area contributed by atoms with Crippen LogP contribution in [0.5, 0.6) is 11.5 Å². The molecule has 3 rings (SSSR count). The van der Waals surface area contributed by atoms with Gasteiger partial charge in [0.2, 0.25) is 0 Å². The summed E-state index contributed by atoms with van der Waals surface area (Å²) in [4.78, 5) is 23.5. The summed E-state index contributed by atoms with van der Waals surface area (Å²) in [6.45, 7) is 1.73. The van der Waals surface area contributed by atoms with Crippen LogP contribution in [0, 0.1) is 11.3 Å². The summed E-state index contributed by atoms with van der Waals surface area (Å²) in [5, 5.41) is 9.60. The molecule has 0 fully saturated rings. The molecule has 0 saturated heterocycles. The molecule has 0 saturated carbocycles. The minimum Gasteiger partial charge on any atom is -0.427 e. The smallest absolute Gasteiger partial charge is 0.315 e. The summed E-state index contributed by atoms with van der Waals surface area (Å²) in [6, 6.07) is 25.9. The Morgan fingerprint density at radius 3 is 1.97 bits per heavy atom. The van der Waals surface area contributed by atoms with Crippen LogP contribution in [-0.2, 0) is 22.4 Å². The molecule has 0 aliphatic heterocycles. The highest BCUT2D eigenvalue weighted by Gasteiger charge is 2.13. The van der Waals surface area contributed by atoms with Crippen LogP contribution in [0.4, 0.5) is 0 Å². The number of carbonyl (C=O) groups is 2. The molecule has 0 N–H and O–H groups in total. The van der Waals surface area contributed by atoms with Gasteiger partial charge in [-0.2, -0.15) is 5.26 Å². The summed E-state index contributed by atoms with van der Waals surface area (Å²) in [7, 11) is 0. The Morgan fingerprint density at radius 2 is 1.39 bits per heavy atom. The van der Waals surface area contributed by atoms with Crippen LogP contribution in [0.2, 0.25) is 0 Å². The Kier molecular flexibility index (Phi) is 7.56. The lowest BCUT2D eigenvalue weighted by molar-refractivity contribution is -0.134. The first kappa shape index (κ1) is 21.8. The molecule has 3 aromatic carbocycles. The number of esters is 2. The van der Waals surface area contributed by atoms with E-state index in [1.54, 1.807) is 43.3 Å². The summed E-state index contributed by atoms with van der Waals surface area (Å²) in [5.74, 6) is -0.0245. The van der Waals surface area contributed by atoms with E-state index in [0.29, 0.717) is 24.3 Å². The summed E-state index contributed by atoms with van der Waals surface area (Å²) >= 11 is 0. The van der Waals surface area contributed by atoms with E-state index in [2.05, 4.69) is 6.07 Å². The van der Waals surface area contributed by atoms with Crippen molar-refractivity contribution in [3.63, 3.8) is 0 Å². The molecule has 1 unspecified atom stereocenters. The van der Waals surface area contributed by atoms with E-state index in [1.807, 2.05) is 42.5 Å². The normalized spacial score (nSPS) is 11.2. The van der Waals surface area contributed by atoms with Gasteiger partial charge >= 0.3 is 11.9 Å². The van der Waals surface area contributed by atoms with Gasteiger partial charge in [-0.3, -0.25) is 9.59 Å². The van der Waals surface area contributed by atoms with Crippen molar-refractivity contribution in [2.45, 2.75) is 32.1 Å². The molecule has 31 heavy (non-hydrogen) atoms. The van der Waals surface area contributed by atoms with Crippen molar-refractivity contribution in [3.05, 3.63) is 95.6 Å². The Morgan fingerprint density at radius 1 is 0.806 bits per heavy atom. The standard InChI is InChI=1S/C26H23NO4/c1-2-25(28)30-24-14-10-21(11-15-24)22(18-27)16-20-8-12-23(13-9-20)31-26(29)17-19-6-4-3-5-7-19/h3-15,22H,2,16-17H2,1H3. The first-order valence-electron chi connectivity index (χ1n) is 10.1. The van der Waals surface area contributed by atoms with Gasteiger partial charge in [0.15, 0.2) is 0 Å². The van der Waals surface area contributed by atoms with Crippen LogP contribution in [0.3, 0.4) is 0 Å². The lowest BCUT2D eigenvalue weighted by atomic mass is 9.93. The van der Waals surface area contributed by atoms with Gasteiger partial charge < -0.3 is 9.47 Å². The quantitative estimate of drug-likeness (QED) is 0.384. The van der Waals surface area contributed by atoms with Crippen LogP contribution in [0.15, 0.2) is 78.9 Å². The van der Waals surface area contributed by atoms with E-state index in [9.17, 15) is 14.9 Å². The van der Waals surface area contributed by atoms with Gasteiger partial charge in [0.25, 0.3) is 0 Å².